The van der Waals surface area contributed by atoms with Crippen LogP contribution in [0.15, 0.2) is 83.8 Å². The summed E-state index contributed by atoms with van der Waals surface area (Å²) in [6.45, 7) is 0. The average Bonchev–Trinajstić information content (AvgIpc) is 2.85. The molecule has 0 aliphatic heterocycles. The summed E-state index contributed by atoms with van der Waals surface area (Å²) in [5.74, 6) is -0.0789. The number of anilines is 1. The average molecular weight is 456 g/mol. The molecule has 7 nitrogen and oxygen atoms in total. The molecule has 0 fully saturated rings. The van der Waals surface area contributed by atoms with E-state index in [9.17, 15) is 24.6 Å². The molecule has 0 amide bonds. The molecule has 7 heteroatoms. The van der Waals surface area contributed by atoms with E-state index >= 15 is 0 Å². The minimum Gasteiger partial charge on any atom is -0.507 e. The molecule has 0 bridgehead atoms. The third-order valence-corrected chi connectivity index (χ3v) is 5.16. The van der Waals surface area contributed by atoms with Crippen LogP contribution in [0.4, 0.5) is 5.69 Å². The Morgan fingerprint density at radius 2 is 1.26 bits per heavy atom. The van der Waals surface area contributed by atoms with Crippen LogP contribution in [0.3, 0.4) is 0 Å². The summed E-state index contributed by atoms with van der Waals surface area (Å²) in [5, 5.41) is 18.8. The first-order chi connectivity index (χ1) is 16.3. The fourth-order valence-corrected chi connectivity index (χ4v) is 3.25. The van der Waals surface area contributed by atoms with Gasteiger partial charge in [-0.3, -0.25) is 14.4 Å². The van der Waals surface area contributed by atoms with Crippen molar-refractivity contribution in [3.8, 4) is 33.8 Å². The molecule has 0 aliphatic carbocycles. The Balaban J connectivity index is 0.000000192. The molecule has 1 aromatic heterocycles. The highest BCUT2D eigenvalue weighted by molar-refractivity contribution is 5.83. The first kappa shape index (κ1) is 24.0. The Bertz CT molecular complexity index is 1360. The van der Waals surface area contributed by atoms with Crippen LogP contribution in [-0.4, -0.2) is 41.9 Å². The van der Waals surface area contributed by atoms with Gasteiger partial charge in [0.15, 0.2) is 12.6 Å². The van der Waals surface area contributed by atoms with Gasteiger partial charge >= 0.3 is 0 Å². The SMILES string of the molecule is CN(C)c1ccc(-c2ccc(O)c(C=O)c2)cc1.O=Cc1cc(-c2ccc[nH]c2=O)ccc1O. The van der Waals surface area contributed by atoms with Crippen LogP contribution in [0.5, 0.6) is 11.5 Å². The molecule has 0 unspecified atom stereocenters. The second-order valence-corrected chi connectivity index (χ2v) is 7.64. The van der Waals surface area contributed by atoms with E-state index in [4.69, 9.17) is 0 Å². The Labute approximate surface area is 196 Å². The zero-order valence-electron chi connectivity index (χ0n) is 18.7. The summed E-state index contributed by atoms with van der Waals surface area (Å²) in [6, 6.07) is 20.9. The van der Waals surface area contributed by atoms with E-state index in [0.29, 0.717) is 29.3 Å². The fourth-order valence-electron chi connectivity index (χ4n) is 3.25. The number of rotatable bonds is 5. The van der Waals surface area contributed by atoms with Crippen molar-refractivity contribution >= 4 is 18.3 Å². The summed E-state index contributed by atoms with van der Waals surface area (Å²) in [5.41, 5.74) is 4.36. The first-order valence-corrected chi connectivity index (χ1v) is 10.4. The van der Waals surface area contributed by atoms with Crippen molar-refractivity contribution < 1.29 is 19.8 Å². The zero-order valence-corrected chi connectivity index (χ0v) is 18.7. The molecule has 0 saturated heterocycles. The van der Waals surface area contributed by atoms with Gasteiger partial charge in [-0.25, -0.2) is 0 Å². The van der Waals surface area contributed by atoms with E-state index in [1.807, 2.05) is 43.3 Å². The number of phenols is 2. The molecule has 0 spiro atoms. The number of nitrogens with zero attached hydrogens (tertiary/aromatic N) is 1. The Kier molecular flexibility index (Phi) is 7.61. The third-order valence-electron chi connectivity index (χ3n) is 5.16. The summed E-state index contributed by atoms with van der Waals surface area (Å²) < 4.78 is 0. The maximum absolute atomic E-state index is 11.5. The second-order valence-electron chi connectivity index (χ2n) is 7.64. The molecule has 0 saturated carbocycles. The van der Waals surface area contributed by atoms with Crippen LogP contribution in [0, 0.1) is 0 Å². The van der Waals surface area contributed by atoms with Crippen LogP contribution in [0.25, 0.3) is 22.3 Å². The van der Waals surface area contributed by atoms with Crippen molar-refractivity contribution in [1.29, 1.82) is 0 Å². The topological polar surface area (TPSA) is 111 Å². The Hall–Kier alpha value is -4.65. The molecular weight excluding hydrogens is 432 g/mol. The fraction of sp³-hybridized carbons (Fsp3) is 0.0741. The van der Waals surface area contributed by atoms with Crippen LogP contribution in [0.2, 0.25) is 0 Å². The van der Waals surface area contributed by atoms with Gasteiger partial charge in [0.1, 0.15) is 11.5 Å². The van der Waals surface area contributed by atoms with Crippen molar-refractivity contribution in [3.63, 3.8) is 0 Å². The van der Waals surface area contributed by atoms with E-state index in [2.05, 4.69) is 4.98 Å². The number of benzene rings is 3. The van der Waals surface area contributed by atoms with Crippen molar-refractivity contribution in [1.82, 2.24) is 4.98 Å². The van der Waals surface area contributed by atoms with Gasteiger partial charge in [-0.15, -0.1) is 0 Å². The summed E-state index contributed by atoms with van der Waals surface area (Å²) in [7, 11) is 3.97. The van der Waals surface area contributed by atoms with Gasteiger partial charge < -0.3 is 20.1 Å². The lowest BCUT2D eigenvalue weighted by Crippen LogP contribution is -2.07. The van der Waals surface area contributed by atoms with Gasteiger partial charge in [-0.1, -0.05) is 24.3 Å². The van der Waals surface area contributed by atoms with Crippen molar-refractivity contribution in [2.75, 3.05) is 19.0 Å². The lowest BCUT2D eigenvalue weighted by molar-refractivity contribution is 0.111. The molecule has 0 atom stereocenters. The van der Waals surface area contributed by atoms with E-state index in [1.54, 1.807) is 36.4 Å². The van der Waals surface area contributed by atoms with Gasteiger partial charge in [0.05, 0.1) is 11.1 Å². The monoisotopic (exact) mass is 456 g/mol. The molecule has 4 aromatic rings. The number of hydrogen-bond donors (Lipinski definition) is 3. The summed E-state index contributed by atoms with van der Waals surface area (Å²) in [6.07, 6.45) is 2.75. The summed E-state index contributed by atoms with van der Waals surface area (Å²) >= 11 is 0. The van der Waals surface area contributed by atoms with Crippen LogP contribution in [-0.2, 0) is 0 Å². The number of phenolic OH excluding ortho intramolecular Hbond substituents is 2. The van der Waals surface area contributed by atoms with Crippen LogP contribution < -0.4 is 10.5 Å². The molecule has 3 N–H and O–H groups in total. The number of nitrogens with one attached hydrogen (secondary N) is 1. The highest BCUT2D eigenvalue weighted by Crippen LogP contribution is 2.26. The lowest BCUT2D eigenvalue weighted by Gasteiger charge is -2.13. The number of hydrogen-bond acceptors (Lipinski definition) is 6. The number of pyridine rings is 1. The Morgan fingerprint density at radius 3 is 1.79 bits per heavy atom. The quantitative estimate of drug-likeness (QED) is 0.382. The number of carbonyl (C=O) groups is 2. The van der Waals surface area contributed by atoms with E-state index in [1.165, 1.54) is 18.3 Å². The normalized spacial score (nSPS) is 10.1. The maximum Gasteiger partial charge on any atom is 0.255 e. The summed E-state index contributed by atoms with van der Waals surface area (Å²) in [4.78, 5) is 37.5. The van der Waals surface area contributed by atoms with Gasteiger partial charge in [-0.05, 0) is 65.2 Å². The number of aromatic amines is 1. The van der Waals surface area contributed by atoms with E-state index in [0.717, 1.165) is 16.8 Å². The van der Waals surface area contributed by atoms with E-state index < -0.39 is 0 Å². The standard InChI is InChI=1S/C15H15NO2.C12H9NO3/c1-16(2)14-6-3-11(4-7-14)12-5-8-15(18)13(9-12)10-17;14-7-9-6-8(3-4-11(9)15)10-2-1-5-13-12(10)16/h3-10,18H,1-2H3;1-7,15H,(H,13,16). The van der Waals surface area contributed by atoms with E-state index in [-0.39, 0.29) is 22.6 Å². The molecule has 1 heterocycles. The molecule has 172 valence electrons. The largest absolute Gasteiger partial charge is 0.507 e. The van der Waals surface area contributed by atoms with Crippen LogP contribution >= 0.6 is 0 Å². The first-order valence-electron chi connectivity index (χ1n) is 10.4. The lowest BCUT2D eigenvalue weighted by atomic mass is 10.0. The maximum atomic E-state index is 11.5. The van der Waals surface area contributed by atoms with Gasteiger partial charge in [-0.2, -0.15) is 0 Å². The smallest absolute Gasteiger partial charge is 0.255 e. The molecular formula is C27H24N2O5. The van der Waals surface area contributed by atoms with Crippen molar-refractivity contribution in [3.05, 3.63) is 100 Å². The predicted octanol–water partition coefficient (Wildman–Crippen LogP) is 4.50. The second kappa shape index (κ2) is 10.8. The van der Waals surface area contributed by atoms with Gasteiger partial charge in [0.2, 0.25) is 0 Å². The number of H-pyrrole nitrogens is 1. The number of carbonyl (C=O) groups excluding carboxylic acids is 2. The van der Waals surface area contributed by atoms with Gasteiger partial charge in [0, 0.05) is 31.5 Å². The molecule has 34 heavy (non-hydrogen) atoms. The molecule has 4 rings (SSSR count). The highest BCUT2D eigenvalue weighted by atomic mass is 16.3. The highest BCUT2D eigenvalue weighted by Gasteiger charge is 2.06. The third kappa shape index (κ3) is 5.58. The molecule has 0 aliphatic rings. The zero-order chi connectivity index (χ0) is 24.7. The number of aromatic nitrogens is 1. The van der Waals surface area contributed by atoms with Gasteiger partial charge in [0.25, 0.3) is 5.56 Å². The number of aldehydes is 2. The number of aromatic hydroxyl groups is 2. The minimum atomic E-state index is -0.231. The minimum absolute atomic E-state index is 0.0126. The van der Waals surface area contributed by atoms with Crippen molar-refractivity contribution in [2.24, 2.45) is 0 Å². The van der Waals surface area contributed by atoms with Crippen LogP contribution in [0.1, 0.15) is 20.7 Å². The molecule has 3 aromatic carbocycles. The Morgan fingerprint density at radius 1 is 0.735 bits per heavy atom. The molecule has 0 radical (unpaired) electrons. The predicted molar refractivity (Wildman–Crippen MR) is 133 cm³/mol. The van der Waals surface area contributed by atoms with Crippen molar-refractivity contribution in [2.45, 2.75) is 0 Å².